The van der Waals surface area contributed by atoms with Crippen LogP contribution in [0.25, 0.3) is 0 Å². The first kappa shape index (κ1) is 9.40. The van der Waals surface area contributed by atoms with Crippen molar-refractivity contribution in [3.8, 4) is 5.88 Å². The number of pyridine rings is 1. The van der Waals surface area contributed by atoms with Gasteiger partial charge in [0.2, 0.25) is 5.88 Å². The molecule has 0 aliphatic carbocycles. The van der Waals surface area contributed by atoms with Crippen molar-refractivity contribution in [1.29, 1.82) is 0 Å². The van der Waals surface area contributed by atoms with Crippen LogP contribution in [0.4, 0.5) is 4.39 Å². The van der Waals surface area contributed by atoms with Crippen LogP contribution in [-0.4, -0.2) is 30.3 Å². The number of aromatic nitrogens is 1. The number of halogens is 1. The summed E-state index contributed by atoms with van der Waals surface area (Å²) in [5.74, 6) is 0.531. The molecule has 0 spiro atoms. The summed E-state index contributed by atoms with van der Waals surface area (Å²) >= 11 is 0. The Morgan fingerprint density at radius 2 is 2.43 bits per heavy atom. The normalized spacial score (nSPS) is 26.4. The minimum atomic E-state index is -0.934. The molecule has 2 atom stereocenters. The van der Waals surface area contributed by atoms with Gasteiger partial charge in [0.15, 0.2) is 6.17 Å². The Labute approximate surface area is 82.3 Å². The number of nitrogens with one attached hydrogen (secondary N) is 1. The van der Waals surface area contributed by atoms with Gasteiger partial charge in [0.05, 0.1) is 0 Å². The fraction of sp³-hybridized carbons (Fsp3) is 0.500. The first-order chi connectivity index (χ1) is 6.77. The van der Waals surface area contributed by atoms with Crippen molar-refractivity contribution < 1.29 is 9.13 Å². The van der Waals surface area contributed by atoms with Crippen LogP contribution < -0.4 is 10.1 Å². The van der Waals surface area contributed by atoms with Gasteiger partial charge in [-0.15, -0.1) is 0 Å². The number of hydrogen-bond donors (Lipinski definition) is 1. The Bertz CT molecular complexity index is 319. The van der Waals surface area contributed by atoms with E-state index < -0.39 is 12.3 Å². The van der Waals surface area contributed by atoms with E-state index in [0.717, 1.165) is 5.56 Å². The molecule has 1 N–H and O–H groups in total. The highest BCUT2D eigenvalue weighted by Gasteiger charge is 2.29. The zero-order valence-electron chi connectivity index (χ0n) is 8.03. The number of nitrogens with zero attached hydrogens (tertiary/aromatic N) is 1. The molecule has 1 aliphatic rings. The molecule has 1 aromatic rings. The van der Waals surface area contributed by atoms with Crippen LogP contribution >= 0.6 is 0 Å². The Morgan fingerprint density at radius 1 is 1.57 bits per heavy atom. The quantitative estimate of drug-likeness (QED) is 0.768. The first-order valence-electron chi connectivity index (χ1n) is 4.70. The van der Waals surface area contributed by atoms with Gasteiger partial charge < -0.3 is 10.1 Å². The topological polar surface area (TPSA) is 34.1 Å². The number of aryl methyl sites for hydroxylation is 1. The minimum absolute atomic E-state index is 0.372. The predicted molar refractivity (Wildman–Crippen MR) is 51.2 cm³/mol. The van der Waals surface area contributed by atoms with E-state index in [1.54, 1.807) is 6.20 Å². The maximum atomic E-state index is 13.2. The summed E-state index contributed by atoms with van der Waals surface area (Å²) in [6.45, 7) is 2.83. The Balaban J connectivity index is 2.07. The molecule has 4 heteroatoms. The van der Waals surface area contributed by atoms with Gasteiger partial charge in [-0.25, -0.2) is 9.37 Å². The van der Waals surface area contributed by atoms with Crippen LogP contribution in [0.2, 0.25) is 0 Å². The Morgan fingerprint density at radius 3 is 3.07 bits per heavy atom. The molecule has 0 amide bonds. The van der Waals surface area contributed by atoms with Crippen LogP contribution in [0.3, 0.4) is 0 Å². The van der Waals surface area contributed by atoms with E-state index in [1.165, 1.54) is 0 Å². The second-order valence-electron chi connectivity index (χ2n) is 3.46. The highest BCUT2D eigenvalue weighted by Crippen LogP contribution is 2.17. The Hall–Kier alpha value is -1.16. The first-order valence-corrected chi connectivity index (χ1v) is 4.70. The van der Waals surface area contributed by atoms with Crippen molar-refractivity contribution in [3.63, 3.8) is 0 Å². The van der Waals surface area contributed by atoms with Crippen molar-refractivity contribution in [1.82, 2.24) is 10.3 Å². The van der Waals surface area contributed by atoms with E-state index in [4.69, 9.17) is 4.74 Å². The SMILES string of the molecule is Cc1cccnc1OC1CNCC1F. The summed E-state index contributed by atoms with van der Waals surface area (Å²) in [5.41, 5.74) is 0.937. The summed E-state index contributed by atoms with van der Waals surface area (Å²) in [4.78, 5) is 4.06. The van der Waals surface area contributed by atoms with E-state index in [2.05, 4.69) is 10.3 Å². The fourth-order valence-electron chi connectivity index (χ4n) is 1.48. The summed E-state index contributed by atoms with van der Waals surface area (Å²) in [6, 6.07) is 3.74. The van der Waals surface area contributed by atoms with Gasteiger partial charge in [-0.05, 0) is 13.0 Å². The molecule has 2 heterocycles. The third-order valence-electron chi connectivity index (χ3n) is 2.31. The van der Waals surface area contributed by atoms with Gasteiger partial charge >= 0.3 is 0 Å². The van der Waals surface area contributed by atoms with Crippen molar-refractivity contribution in [2.24, 2.45) is 0 Å². The molecular weight excluding hydrogens is 183 g/mol. The zero-order chi connectivity index (χ0) is 9.97. The van der Waals surface area contributed by atoms with Crippen LogP contribution in [-0.2, 0) is 0 Å². The molecule has 1 fully saturated rings. The van der Waals surface area contributed by atoms with Crippen LogP contribution in [0.1, 0.15) is 5.56 Å². The largest absolute Gasteiger partial charge is 0.470 e. The molecule has 14 heavy (non-hydrogen) atoms. The monoisotopic (exact) mass is 196 g/mol. The van der Waals surface area contributed by atoms with Crippen LogP contribution in [0.5, 0.6) is 5.88 Å². The Kier molecular flexibility index (Phi) is 2.63. The number of rotatable bonds is 2. The summed E-state index contributed by atoms with van der Waals surface area (Å²) < 4.78 is 18.7. The summed E-state index contributed by atoms with van der Waals surface area (Å²) in [5, 5.41) is 2.93. The highest BCUT2D eigenvalue weighted by atomic mass is 19.1. The molecule has 1 saturated heterocycles. The van der Waals surface area contributed by atoms with Crippen LogP contribution in [0, 0.1) is 6.92 Å². The van der Waals surface area contributed by atoms with Crippen molar-refractivity contribution in [3.05, 3.63) is 23.9 Å². The molecule has 0 aromatic carbocycles. The highest BCUT2D eigenvalue weighted by molar-refractivity contribution is 5.23. The van der Waals surface area contributed by atoms with E-state index in [9.17, 15) is 4.39 Å². The lowest BCUT2D eigenvalue weighted by Crippen LogP contribution is -2.27. The van der Waals surface area contributed by atoms with Gasteiger partial charge in [-0.2, -0.15) is 0 Å². The second kappa shape index (κ2) is 3.92. The summed E-state index contributed by atoms with van der Waals surface area (Å²) in [7, 11) is 0. The van der Waals surface area contributed by atoms with Crippen LogP contribution in [0.15, 0.2) is 18.3 Å². The van der Waals surface area contributed by atoms with Gasteiger partial charge in [0, 0.05) is 24.8 Å². The van der Waals surface area contributed by atoms with Gasteiger partial charge in [0.1, 0.15) is 6.10 Å². The third-order valence-corrected chi connectivity index (χ3v) is 2.31. The maximum absolute atomic E-state index is 13.2. The zero-order valence-corrected chi connectivity index (χ0v) is 8.03. The lowest BCUT2D eigenvalue weighted by molar-refractivity contribution is 0.134. The third kappa shape index (κ3) is 1.85. The van der Waals surface area contributed by atoms with Gasteiger partial charge in [-0.1, -0.05) is 6.07 Å². The molecule has 0 bridgehead atoms. The van der Waals surface area contributed by atoms with E-state index in [-0.39, 0.29) is 0 Å². The lowest BCUT2D eigenvalue weighted by Gasteiger charge is -2.14. The molecule has 76 valence electrons. The maximum Gasteiger partial charge on any atom is 0.216 e. The predicted octanol–water partition coefficient (Wildman–Crippen LogP) is 1.08. The smallest absolute Gasteiger partial charge is 0.216 e. The second-order valence-corrected chi connectivity index (χ2v) is 3.46. The molecule has 3 nitrogen and oxygen atoms in total. The van der Waals surface area contributed by atoms with Crippen molar-refractivity contribution in [2.45, 2.75) is 19.2 Å². The fourth-order valence-corrected chi connectivity index (χ4v) is 1.48. The van der Waals surface area contributed by atoms with Gasteiger partial charge in [-0.3, -0.25) is 0 Å². The van der Waals surface area contributed by atoms with Gasteiger partial charge in [0.25, 0.3) is 0 Å². The molecular formula is C10H13FN2O. The van der Waals surface area contributed by atoms with E-state index in [0.29, 0.717) is 19.0 Å². The average Bonchev–Trinajstić information content (AvgIpc) is 2.56. The average molecular weight is 196 g/mol. The minimum Gasteiger partial charge on any atom is -0.470 e. The number of hydrogen-bond acceptors (Lipinski definition) is 3. The molecule has 1 aliphatic heterocycles. The molecule has 2 unspecified atom stereocenters. The molecule has 2 rings (SSSR count). The lowest BCUT2D eigenvalue weighted by atomic mass is 10.2. The molecule has 1 aromatic heterocycles. The summed E-state index contributed by atoms with van der Waals surface area (Å²) in [6.07, 6.45) is 0.317. The van der Waals surface area contributed by atoms with Crippen molar-refractivity contribution in [2.75, 3.05) is 13.1 Å². The van der Waals surface area contributed by atoms with E-state index >= 15 is 0 Å². The van der Waals surface area contributed by atoms with Crippen molar-refractivity contribution >= 4 is 0 Å². The standard InChI is InChI=1S/C10H13FN2O/c1-7-3-2-4-13-10(7)14-9-6-12-5-8(9)11/h2-4,8-9,12H,5-6H2,1H3. The number of alkyl halides is 1. The number of ether oxygens (including phenoxy) is 1. The molecule has 0 saturated carbocycles. The molecule has 0 radical (unpaired) electrons. The van der Waals surface area contributed by atoms with E-state index in [1.807, 2.05) is 19.1 Å².